The molecule has 0 spiro atoms. The second-order valence-corrected chi connectivity index (χ2v) is 6.46. The molecule has 0 heterocycles. The molecule has 3 nitrogen and oxygen atoms in total. The van der Waals surface area contributed by atoms with Gasteiger partial charge in [0.15, 0.2) is 0 Å². The van der Waals surface area contributed by atoms with E-state index in [1.165, 1.54) is 51.4 Å². The Labute approximate surface area is 118 Å². The molecule has 2 N–H and O–H groups in total. The maximum atomic E-state index is 5.64. The second kappa shape index (κ2) is 8.23. The van der Waals surface area contributed by atoms with Gasteiger partial charge in [0.25, 0.3) is 0 Å². The molecular weight excluding hydrogens is 236 g/mol. The largest absolute Gasteiger partial charge is 0.381 e. The van der Waals surface area contributed by atoms with Crippen LogP contribution in [0.2, 0.25) is 0 Å². The fraction of sp³-hybridized carbons (Fsp3) is 1.00. The Bertz CT molecular complexity index is 235. The molecule has 0 aromatic heterocycles. The topological polar surface area (TPSA) is 33.3 Å². The van der Waals surface area contributed by atoms with Gasteiger partial charge in [-0.2, -0.15) is 0 Å². The molecule has 0 aromatic carbocycles. The van der Waals surface area contributed by atoms with Crippen molar-refractivity contribution in [2.24, 2.45) is 5.92 Å². The fourth-order valence-corrected chi connectivity index (χ4v) is 3.14. The highest BCUT2D eigenvalue weighted by atomic mass is 16.5. The highest BCUT2D eigenvalue weighted by Crippen LogP contribution is 2.30. The highest BCUT2D eigenvalue weighted by molar-refractivity contribution is 4.89. The number of ether oxygens (including phenoxy) is 1. The van der Waals surface area contributed by atoms with E-state index in [9.17, 15) is 0 Å². The van der Waals surface area contributed by atoms with Gasteiger partial charge in [0, 0.05) is 18.8 Å². The van der Waals surface area contributed by atoms with Crippen molar-refractivity contribution in [1.82, 2.24) is 10.6 Å². The van der Waals surface area contributed by atoms with Crippen LogP contribution in [0.3, 0.4) is 0 Å². The summed E-state index contributed by atoms with van der Waals surface area (Å²) in [6, 6.07) is 0. The minimum Gasteiger partial charge on any atom is -0.381 e. The number of hydrogen-bond acceptors (Lipinski definition) is 3. The standard InChI is InChI=1S/C16H32N2O/c1-17-16(8-3-2-4-9-16)10-12-18-11-5-13-19-14-15-6-7-15/h15,17-18H,2-14H2,1H3. The van der Waals surface area contributed by atoms with Crippen molar-refractivity contribution in [2.75, 3.05) is 33.4 Å². The molecule has 2 rings (SSSR count). The van der Waals surface area contributed by atoms with Gasteiger partial charge in [-0.1, -0.05) is 19.3 Å². The smallest absolute Gasteiger partial charge is 0.0494 e. The summed E-state index contributed by atoms with van der Waals surface area (Å²) in [7, 11) is 2.14. The van der Waals surface area contributed by atoms with Gasteiger partial charge in [-0.15, -0.1) is 0 Å². The number of nitrogens with one attached hydrogen (secondary N) is 2. The van der Waals surface area contributed by atoms with Gasteiger partial charge in [0.1, 0.15) is 0 Å². The molecule has 3 heteroatoms. The lowest BCUT2D eigenvalue weighted by Gasteiger charge is -2.37. The Morgan fingerprint density at radius 1 is 1.11 bits per heavy atom. The summed E-state index contributed by atoms with van der Waals surface area (Å²) in [5.41, 5.74) is 0.424. The molecule has 2 saturated carbocycles. The molecule has 0 atom stereocenters. The molecule has 0 amide bonds. The van der Waals surface area contributed by atoms with Crippen molar-refractivity contribution in [3.05, 3.63) is 0 Å². The molecule has 0 saturated heterocycles. The van der Waals surface area contributed by atoms with Gasteiger partial charge < -0.3 is 15.4 Å². The quantitative estimate of drug-likeness (QED) is 0.598. The van der Waals surface area contributed by atoms with E-state index in [1.54, 1.807) is 0 Å². The van der Waals surface area contributed by atoms with Gasteiger partial charge in [0.05, 0.1) is 0 Å². The van der Waals surface area contributed by atoms with Crippen molar-refractivity contribution in [3.63, 3.8) is 0 Å². The van der Waals surface area contributed by atoms with Crippen molar-refractivity contribution in [2.45, 2.75) is 63.3 Å². The summed E-state index contributed by atoms with van der Waals surface area (Å²) in [5.74, 6) is 0.898. The van der Waals surface area contributed by atoms with E-state index in [0.717, 1.165) is 38.6 Å². The van der Waals surface area contributed by atoms with Crippen molar-refractivity contribution in [3.8, 4) is 0 Å². The summed E-state index contributed by atoms with van der Waals surface area (Å²) in [4.78, 5) is 0. The van der Waals surface area contributed by atoms with Gasteiger partial charge in [-0.25, -0.2) is 0 Å². The summed E-state index contributed by atoms with van der Waals surface area (Å²) in [5, 5.41) is 7.16. The van der Waals surface area contributed by atoms with Crippen LogP contribution >= 0.6 is 0 Å². The Hall–Kier alpha value is -0.120. The highest BCUT2D eigenvalue weighted by Gasteiger charge is 2.29. The molecule has 112 valence electrons. The molecule has 0 bridgehead atoms. The summed E-state index contributed by atoms with van der Waals surface area (Å²) >= 11 is 0. The molecule has 0 radical (unpaired) electrons. The van der Waals surface area contributed by atoms with Crippen LogP contribution in [-0.4, -0.2) is 38.9 Å². The van der Waals surface area contributed by atoms with Crippen LogP contribution in [0.15, 0.2) is 0 Å². The molecule has 19 heavy (non-hydrogen) atoms. The van der Waals surface area contributed by atoms with E-state index in [-0.39, 0.29) is 0 Å². The average molecular weight is 268 g/mol. The summed E-state index contributed by atoms with van der Waals surface area (Å²) < 4.78 is 5.64. The zero-order valence-corrected chi connectivity index (χ0v) is 12.7. The van der Waals surface area contributed by atoms with E-state index in [1.807, 2.05) is 0 Å². The lowest BCUT2D eigenvalue weighted by Crippen LogP contribution is -2.46. The van der Waals surface area contributed by atoms with Gasteiger partial charge in [0.2, 0.25) is 0 Å². The van der Waals surface area contributed by atoms with Crippen LogP contribution in [0.25, 0.3) is 0 Å². The van der Waals surface area contributed by atoms with E-state index in [2.05, 4.69) is 17.7 Å². The summed E-state index contributed by atoms with van der Waals surface area (Å²) in [6.45, 7) is 4.18. The normalized spacial score (nSPS) is 22.6. The molecule has 0 aliphatic heterocycles. The molecular formula is C16H32N2O. The van der Waals surface area contributed by atoms with Crippen LogP contribution in [0, 0.1) is 5.92 Å². The van der Waals surface area contributed by atoms with Gasteiger partial charge in [-0.05, 0) is 64.6 Å². The molecule has 2 fully saturated rings. The predicted octanol–water partition coefficient (Wildman–Crippen LogP) is 2.71. The van der Waals surface area contributed by atoms with Crippen molar-refractivity contribution in [1.29, 1.82) is 0 Å². The summed E-state index contributed by atoms with van der Waals surface area (Å²) in [6.07, 6.45) is 12.1. The predicted molar refractivity (Wildman–Crippen MR) is 80.5 cm³/mol. The maximum Gasteiger partial charge on any atom is 0.0494 e. The van der Waals surface area contributed by atoms with E-state index >= 15 is 0 Å². The van der Waals surface area contributed by atoms with E-state index < -0.39 is 0 Å². The van der Waals surface area contributed by atoms with Crippen molar-refractivity contribution >= 4 is 0 Å². The van der Waals surface area contributed by atoms with E-state index in [0.29, 0.717) is 5.54 Å². The Morgan fingerprint density at radius 3 is 2.58 bits per heavy atom. The van der Waals surface area contributed by atoms with Gasteiger partial charge >= 0.3 is 0 Å². The first-order valence-electron chi connectivity index (χ1n) is 8.32. The van der Waals surface area contributed by atoms with Crippen LogP contribution in [-0.2, 0) is 4.74 Å². The SMILES string of the molecule is CNC1(CCNCCCOCC2CC2)CCCCC1. The Balaban J connectivity index is 1.43. The number of rotatable bonds is 10. The molecule has 0 unspecified atom stereocenters. The average Bonchev–Trinajstić information content (AvgIpc) is 3.27. The second-order valence-electron chi connectivity index (χ2n) is 6.46. The minimum absolute atomic E-state index is 0.424. The molecule has 2 aliphatic rings. The van der Waals surface area contributed by atoms with Crippen LogP contribution < -0.4 is 10.6 Å². The first kappa shape index (κ1) is 15.3. The maximum absolute atomic E-state index is 5.64. The third-order valence-electron chi connectivity index (χ3n) is 4.81. The lowest BCUT2D eigenvalue weighted by molar-refractivity contribution is 0.122. The third-order valence-corrected chi connectivity index (χ3v) is 4.81. The third kappa shape index (κ3) is 5.80. The Kier molecular flexibility index (Phi) is 6.62. The minimum atomic E-state index is 0.424. The zero-order chi connectivity index (χ0) is 13.4. The van der Waals surface area contributed by atoms with Crippen molar-refractivity contribution < 1.29 is 4.74 Å². The lowest BCUT2D eigenvalue weighted by atomic mass is 9.79. The first-order valence-corrected chi connectivity index (χ1v) is 8.32. The van der Waals surface area contributed by atoms with Crippen LogP contribution in [0.4, 0.5) is 0 Å². The van der Waals surface area contributed by atoms with Gasteiger partial charge in [-0.3, -0.25) is 0 Å². The molecule has 2 aliphatic carbocycles. The Morgan fingerprint density at radius 2 is 1.89 bits per heavy atom. The van der Waals surface area contributed by atoms with Crippen LogP contribution in [0.1, 0.15) is 57.8 Å². The monoisotopic (exact) mass is 268 g/mol. The zero-order valence-electron chi connectivity index (χ0n) is 12.7. The fourth-order valence-electron chi connectivity index (χ4n) is 3.14. The van der Waals surface area contributed by atoms with E-state index in [4.69, 9.17) is 4.74 Å². The molecule has 0 aromatic rings. The first-order chi connectivity index (χ1) is 9.35. The number of hydrogen-bond donors (Lipinski definition) is 2. The van der Waals surface area contributed by atoms with Crippen LogP contribution in [0.5, 0.6) is 0 Å².